The summed E-state index contributed by atoms with van der Waals surface area (Å²) < 4.78 is 0. The van der Waals surface area contributed by atoms with Gasteiger partial charge in [-0.25, -0.2) is 0 Å². The first kappa shape index (κ1) is 18.6. The van der Waals surface area contributed by atoms with E-state index in [1.807, 2.05) is 6.08 Å². The highest BCUT2D eigenvalue weighted by Crippen LogP contribution is 2.14. The molecule has 3 N–H and O–H groups in total. The third-order valence-electron chi connectivity index (χ3n) is 3.51. The fourth-order valence-electron chi connectivity index (χ4n) is 2.20. The molecular formula is C16H32O3. The monoisotopic (exact) mass is 272 g/mol. The van der Waals surface area contributed by atoms with Crippen molar-refractivity contribution in [2.45, 2.75) is 82.8 Å². The maximum atomic E-state index is 9.82. The van der Waals surface area contributed by atoms with Gasteiger partial charge < -0.3 is 15.3 Å². The molecule has 0 saturated carbocycles. The summed E-state index contributed by atoms with van der Waals surface area (Å²) in [6, 6.07) is 0. The Morgan fingerprint density at radius 2 is 1.21 bits per heavy atom. The smallest absolute Gasteiger partial charge is 0.0799 e. The first-order valence-electron chi connectivity index (χ1n) is 7.80. The molecule has 0 aromatic carbocycles. The third kappa shape index (κ3) is 12.4. The van der Waals surface area contributed by atoms with Gasteiger partial charge in [-0.2, -0.15) is 0 Å². The minimum absolute atomic E-state index is 0.247. The quantitative estimate of drug-likeness (QED) is 0.336. The molecule has 0 rings (SSSR count). The van der Waals surface area contributed by atoms with Gasteiger partial charge in [-0.05, 0) is 32.1 Å². The van der Waals surface area contributed by atoms with Crippen molar-refractivity contribution in [2.75, 3.05) is 6.61 Å². The number of aliphatic hydroxyl groups excluding tert-OH is 3. The Kier molecular flexibility index (Phi) is 13.8. The molecule has 0 heterocycles. The Morgan fingerprint density at radius 1 is 0.737 bits per heavy atom. The van der Waals surface area contributed by atoms with Crippen molar-refractivity contribution < 1.29 is 15.3 Å². The molecule has 3 nitrogen and oxygen atoms in total. The minimum atomic E-state index is -0.581. The van der Waals surface area contributed by atoms with E-state index in [4.69, 9.17) is 5.11 Å². The van der Waals surface area contributed by atoms with Crippen molar-refractivity contribution in [1.29, 1.82) is 0 Å². The number of hydrogen-bond donors (Lipinski definition) is 3. The van der Waals surface area contributed by atoms with Gasteiger partial charge in [-0.3, -0.25) is 0 Å². The maximum Gasteiger partial charge on any atom is 0.0799 e. The Labute approximate surface area is 118 Å². The molecule has 0 spiro atoms. The van der Waals surface area contributed by atoms with E-state index in [2.05, 4.69) is 6.58 Å². The van der Waals surface area contributed by atoms with Gasteiger partial charge >= 0.3 is 0 Å². The van der Waals surface area contributed by atoms with Crippen LogP contribution in [0.2, 0.25) is 0 Å². The molecule has 114 valence electrons. The highest BCUT2D eigenvalue weighted by molar-refractivity contribution is 4.68. The molecule has 0 aliphatic rings. The van der Waals surface area contributed by atoms with E-state index < -0.39 is 12.2 Å². The lowest BCUT2D eigenvalue weighted by atomic mass is 10.00. The van der Waals surface area contributed by atoms with E-state index in [1.165, 1.54) is 12.8 Å². The lowest BCUT2D eigenvalue weighted by Crippen LogP contribution is -2.25. The van der Waals surface area contributed by atoms with Gasteiger partial charge in [0.15, 0.2) is 0 Å². The summed E-state index contributed by atoms with van der Waals surface area (Å²) in [5.41, 5.74) is 0. The van der Waals surface area contributed by atoms with Crippen molar-refractivity contribution >= 4 is 0 Å². The summed E-state index contributed by atoms with van der Waals surface area (Å²) in [5, 5.41) is 28.3. The van der Waals surface area contributed by atoms with Crippen LogP contribution in [0.25, 0.3) is 0 Å². The zero-order valence-corrected chi connectivity index (χ0v) is 12.3. The average Bonchev–Trinajstić information content (AvgIpc) is 2.42. The summed E-state index contributed by atoms with van der Waals surface area (Å²) in [6.07, 6.45) is 11.5. The molecule has 19 heavy (non-hydrogen) atoms. The van der Waals surface area contributed by atoms with Crippen LogP contribution in [0, 0.1) is 0 Å². The zero-order valence-electron chi connectivity index (χ0n) is 12.3. The molecule has 0 aliphatic heterocycles. The van der Waals surface area contributed by atoms with Crippen LogP contribution in [-0.4, -0.2) is 34.1 Å². The summed E-state index contributed by atoms with van der Waals surface area (Å²) in [6.45, 7) is 3.94. The largest absolute Gasteiger partial charge is 0.396 e. The van der Waals surface area contributed by atoms with Gasteiger partial charge in [0.05, 0.1) is 12.2 Å². The van der Waals surface area contributed by atoms with Crippen LogP contribution in [-0.2, 0) is 0 Å². The van der Waals surface area contributed by atoms with Crippen LogP contribution in [0.4, 0.5) is 0 Å². The fourth-order valence-corrected chi connectivity index (χ4v) is 2.20. The Bertz CT molecular complexity index is 194. The van der Waals surface area contributed by atoms with Crippen molar-refractivity contribution in [1.82, 2.24) is 0 Å². The molecule has 0 aliphatic carbocycles. The number of aliphatic hydroxyl groups is 3. The standard InChI is InChI=1S/C16H32O3/c1-2-3-4-5-6-9-12-15(18)16(19)13-10-7-8-11-14-17/h2,15-19H,1,3-14H2. The van der Waals surface area contributed by atoms with E-state index in [0.717, 1.165) is 44.9 Å². The highest BCUT2D eigenvalue weighted by atomic mass is 16.3. The van der Waals surface area contributed by atoms with Crippen molar-refractivity contribution in [3.05, 3.63) is 12.7 Å². The average molecular weight is 272 g/mol. The van der Waals surface area contributed by atoms with Crippen molar-refractivity contribution in [3.8, 4) is 0 Å². The van der Waals surface area contributed by atoms with Gasteiger partial charge in [-0.1, -0.05) is 44.6 Å². The molecule has 0 amide bonds. The number of unbranched alkanes of at least 4 members (excludes halogenated alkanes) is 7. The maximum absolute atomic E-state index is 9.82. The molecule has 0 radical (unpaired) electrons. The summed E-state index contributed by atoms with van der Waals surface area (Å²) >= 11 is 0. The molecule has 0 aromatic heterocycles. The second kappa shape index (κ2) is 14.0. The Hall–Kier alpha value is -0.380. The summed E-state index contributed by atoms with van der Waals surface area (Å²) in [4.78, 5) is 0. The predicted octanol–water partition coefficient (Wildman–Crippen LogP) is 3.18. The lowest BCUT2D eigenvalue weighted by molar-refractivity contribution is 0.00709. The van der Waals surface area contributed by atoms with Crippen LogP contribution in [0.15, 0.2) is 12.7 Å². The predicted molar refractivity (Wildman–Crippen MR) is 80.1 cm³/mol. The van der Waals surface area contributed by atoms with Crippen molar-refractivity contribution in [3.63, 3.8) is 0 Å². The second-order valence-corrected chi connectivity index (χ2v) is 5.34. The zero-order chi connectivity index (χ0) is 14.3. The SMILES string of the molecule is C=CCCCCCCC(O)C(O)CCCCCCO. The second-order valence-electron chi connectivity index (χ2n) is 5.34. The molecule has 2 atom stereocenters. The Morgan fingerprint density at radius 3 is 1.68 bits per heavy atom. The molecular weight excluding hydrogens is 240 g/mol. The minimum Gasteiger partial charge on any atom is -0.396 e. The molecule has 0 bridgehead atoms. The fraction of sp³-hybridized carbons (Fsp3) is 0.875. The first-order chi connectivity index (χ1) is 9.22. The van der Waals surface area contributed by atoms with Gasteiger partial charge in [0.2, 0.25) is 0 Å². The van der Waals surface area contributed by atoms with Gasteiger partial charge in [0.25, 0.3) is 0 Å². The summed E-state index contributed by atoms with van der Waals surface area (Å²) in [5.74, 6) is 0. The van der Waals surface area contributed by atoms with Crippen LogP contribution in [0.5, 0.6) is 0 Å². The lowest BCUT2D eigenvalue weighted by Gasteiger charge is -2.17. The Balaban J connectivity index is 3.37. The molecule has 2 unspecified atom stereocenters. The van der Waals surface area contributed by atoms with Gasteiger partial charge in [0, 0.05) is 6.61 Å². The van der Waals surface area contributed by atoms with Crippen LogP contribution < -0.4 is 0 Å². The van der Waals surface area contributed by atoms with Gasteiger partial charge in [-0.15, -0.1) is 6.58 Å². The first-order valence-corrected chi connectivity index (χ1v) is 7.80. The van der Waals surface area contributed by atoms with Crippen molar-refractivity contribution in [2.24, 2.45) is 0 Å². The van der Waals surface area contributed by atoms with Crippen LogP contribution in [0.3, 0.4) is 0 Å². The van der Waals surface area contributed by atoms with E-state index >= 15 is 0 Å². The van der Waals surface area contributed by atoms with E-state index in [0.29, 0.717) is 12.8 Å². The molecule has 3 heteroatoms. The topological polar surface area (TPSA) is 60.7 Å². The number of hydrogen-bond acceptors (Lipinski definition) is 3. The van der Waals surface area contributed by atoms with E-state index in [9.17, 15) is 10.2 Å². The normalized spacial score (nSPS) is 14.3. The summed E-state index contributed by atoms with van der Waals surface area (Å²) in [7, 11) is 0. The van der Waals surface area contributed by atoms with E-state index in [1.54, 1.807) is 0 Å². The third-order valence-corrected chi connectivity index (χ3v) is 3.51. The van der Waals surface area contributed by atoms with Crippen LogP contribution in [0.1, 0.15) is 70.6 Å². The molecule has 0 aromatic rings. The molecule has 0 fully saturated rings. The number of allylic oxidation sites excluding steroid dienone is 1. The highest BCUT2D eigenvalue weighted by Gasteiger charge is 2.14. The van der Waals surface area contributed by atoms with Gasteiger partial charge in [0.1, 0.15) is 0 Å². The van der Waals surface area contributed by atoms with Crippen LogP contribution >= 0.6 is 0 Å². The number of rotatable bonds is 14. The van der Waals surface area contributed by atoms with E-state index in [-0.39, 0.29) is 6.61 Å². The molecule has 0 saturated heterocycles.